The zero-order chi connectivity index (χ0) is 21.1. The molecule has 29 heavy (non-hydrogen) atoms. The van der Waals surface area contributed by atoms with E-state index in [1.807, 2.05) is 31.2 Å². The van der Waals surface area contributed by atoms with Crippen LogP contribution in [0.1, 0.15) is 17.5 Å². The van der Waals surface area contributed by atoms with E-state index in [-0.39, 0.29) is 18.9 Å². The molecule has 0 bridgehead atoms. The number of amides is 2. The topological polar surface area (TPSA) is 75.7 Å². The zero-order valence-corrected chi connectivity index (χ0v) is 18.3. The van der Waals surface area contributed by atoms with E-state index in [1.54, 1.807) is 24.0 Å². The van der Waals surface area contributed by atoms with Crippen molar-refractivity contribution in [3.8, 4) is 0 Å². The number of esters is 1. The third-order valence-electron chi connectivity index (χ3n) is 4.76. The fourth-order valence-corrected chi connectivity index (χ4v) is 3.66. The van der Waals surface area contributed by atoms with E-state index in [4.69, 9.17) is 16.3 Å². The molecule has 152 valence electrons. The van der Waals surface area contributed by atoms with Crippen LogP contribution in [0.15, 0.2) is 40.9 Å². The Labute approximate surface area is 182 Å². The van der Waals surface area contributed by atoms with E-state index in [2.05, 4.69) is 21.2 Å². The summed E-state index contributed by atoms with van der Waals surface area (Å²) in [5.74, 6) is -1.77. The summed E-state index contributed by atoms with van der Waals surface area (Å²) < 4.78 is 5.86. The molecule has 1 atom stereocenters. The van der Waals surface area contributed by atoms with E-state index in [0.29, 0.717) is 16.3 Å². The molecule has 2 amide bonds. The predicted molar refractivity (Wildman–Crippen MR) is 115 cm³/mol. The molecular weight excluding hydrogens is 460 g/mol. The van der Waals surface area contributed by atoms with Gasteiger partial charge in [0.15, 0.2) is 6.61 Å². The number of carbonyl (C=O) groups excluding carboxylic acids is 3. The Morgan fingerprint density at radius 2 is 1.90 bits per heavy atom. The summed E-state index contributed by atoms with van der Waals surface area (Å²) >= 11 is 9.46. The minimum Gasteiger partial charge on any atom is -0.455 e. The van der Waals surface area contributed by atoms with Crippen LogP contribution < -0.4 is 10.2 Å². The summed E-state index contributed by atoms with van der Waals surface area (Å²) in [6, 6.07) is 10.9. The number of anilines is 2. The van der Waals surface area contributed by atoms with E-state index in [9.17, 15) is 14.4 Å². The molecule has 0 saturated carbocycles. The Bertz CT molecular complexity index is 962. The number of benzene rings is 2. The fourth-order valence-electron chi connectivity index (χ4n) is 3.07. The van der Waals surface area contributed by atoms with E-state index in [1.165, 1.54) is 0 Å². The standard InChI is InChI=1S/C21H20BrClN2O4/c1-12-3-5-15(6-4-12)25-10-14(9-19(25)27)21(28)29-11-18(26)24-17-8-7-16(22)20(23)13(17)2/h3-8,14H,9-11H2,1-2H3,(H,24,26)/t14-/m0/s1. The van der Waals surface area contributed by atoms with Gasteiger partial charge < -0.3 is 15.0 Å². The fraction of sp³-hybridized carbons (Fsp3) is 0.286. The van der Waals surface area contributed by atoms with Crippen molar-refractivity contribution in [2.24, 2.45) is 5.92 Å². The highest BCUT2D eigenvalue weighted by molar-refractivity contribution is 9.10. The minimum absolute atomic E-state index is 0.0652. The first-order valence-electron chi connectivity index (χ1n) is 9.04. The van der Waals surface area contributed by atoms with Crippen molar-refractivity contribution < 1.29 is 19.1 Å². The smallest absolute Gasteiger partial charge is 0.311 e. The van der Waals surface area contributed by atoms with Crippen LogP contribution in [-0.2, 0) is 19.1 Å². The average molecular weight is 480 g/mol. The van der Waals surface area contributed by atoms with E-state index >= 15 is 0 Å². The molecule has 8 heteroatoms. The molecule has 2 aromatic rings. The van der Waals surface area contributed by atoms with Crippen molar-refractivity contribution in [2.75, 3.05) is 23.4 Å². The minimum atomic E-state index is -0.597. The van der Waals surface area contributed by atoms with Crippen molar-refractivity contribution >= 4 is 56.7 Å². The van der Waals surface area contributed by atoms with Crippen molar-refractivity contribution in [3.05, 3.63) is 57.0 Å². The largest absolute Gasteiger partial charge is 0.455 e. The predicted octanol–water partition coefficient (Wildman–Crippen LogP) is 4.25. The lowest BCUT2D eigenvalue weighted by Gasteiger charge is -2.16. The van der Waals surface area contributed by atoms with Crippen LogP contribution in [0.25, 0.3) is 0 Å². The Morgan fingerprint density at radius 3 is 2.59 bits per heavy atom. The number of nitrogens with one attached hydrogen (secondary N) is 1. The highest BCUT2D eigenvalue weighted by Crippen LogP contribution is 2.31. The van der Waals surface area contributed by atoms with Gasteiger partial charge in [-0.15, -0.1) is 0 Å². The lowest BCUT2D eigenvalue weighted by molar-refractivity contribution is -0.151. The first kappa shape index (κ1) is 21.3. The molecule has 0 radical (unpaired) electrons. The SMILES string of the molecule is Cc1ccc(N2C[C@@H](C(=O)OCC(=O)Nc3ccc(Br)c(Cl)c3C)CC2=O)cc1. The third-order valence-corrected chi connectivity index (χ3v) is 6.14. The second-order valence-electron chi connectivity index (χ2n) is 6.93. The molecule has 0 unspecified atom stereocenters. The number of ether oxygens (including phenoxy) is 1. The molecular formula is C21H20BrClN2O4. The number of aryl methyl sites for hydroxylation is 1. The number of rotatable bonds is 5. The molecule has 1 aliphatic rings. The molecule has 6 nitrogen and oxygen atoms in total. The lowest BCUT2D eigenvalue weighted by atomic mass is 10.1. The molecule has 1 N–H and O–H groups in total. The van der Waals surface area contributed by atoms with Gasteiger partial charge in [-0.05, 0) is 59.6 Å². The van der Waals surface area contributed by atoms with Gasteiger partial charge in [0.25, 0.3) is 5.91 Å². The van der Waals surface area contributed by atoms with Crippen LogP contribution in [0.4, 0.5) is 11.4 Å². The highest BCUT2D eigenvalue weighted by atomic mass is 79.9. The van der Waals surface area contributed by atoms with Gasteiger partial charge in [0.2, 0.25) is 5.91 Å². The maximum Gasteiger partial charge on any atom is 0.311 e. The number of halogens is 2. The Balaban J connectivity index is 1.54. The Morgan fingerprint density at radius 1 is 1.21 bits per heavy atom. The van der Waals surface area contributed by atoms with Gasteiger partial charge in [0.1, 0.15) is 0 Å². The van der Waals surface area contributed by atoms with Gasteiger partial charge in [0.05, 0.1) is 10.9 Å². The second kappa shape index (κ2) is 8.97. The number of nitrogens with zero attached hydrogens (tertiary/aromatic N) is 1. The quantitative estimate of drug-likeness (QED) is 0.651. The van der Waals surface area contributed by atoms with Gasteiger partial charge in [-0.2, -0.15) is 0 Å². The first-order chi connectivity index (χ1) is 13.8. The van der Waals surface area contributed by atoms with Crippen LogP contribution in [0.5, 0.6) is 0 Å². The zero-order valence-electron chi connectivity index (χ0n) is 16.0. The number of carbonyl (C=O) groups is 3. The van der Waals surface area contributed by atoms with Gasteiger partial charge in [0, 0.05) is 28.8 Å². The van der Waals surface area contributed by atoms with Crippen molar-refractivity contribution in [3.63, 3.8) is 0 Å². The first-order valence-corrected chi connectivity index (χ1v) is 10.2. The third kappa shape index (κ3) is 4.97. The summed E-state index contributed by atoms with van der Waals surface area (Å²) in [4.78, 5) is 38.3. The lowest BCUT2D eigenvalue weighted by Crippen LogP contribution is -2.28. The summed E-state index contributed by atoms with van der Waals surface area (Å²) in [6.45, 7) is 3.55. The monoisotopic (exact) mass is 478 g/mol. The van der Waals surface area contributed by atoms with Gasteiger partial charge in [-0.3, -0.25) is 14.4 Å². The summed E-state index contributed by atoms with van der Waals surface area (Å²) in [7, 11) is 0. The van der Waals surface area contributed by atoms with Crippen molar-refractivity contribution in [1.29, 1.82) is 0 Å². The normalized spacial score (nSPS) is 16.1. The van der Waals surface area contributed by atoms with Crippen LogP contribution in [0.2, 0.25) is 5.02 Å². The molecule has 2 aromatic carbocycles. The Hall–Kier alpha value is -2.38. The number of hydrogen-bond acceptors (Lipinski definition) is 4. The van der Waals surface area contributed by atoms with E-state index < -0.39 is 24.4 Å². The van der Waals surface area contributed by atoms with Crippen LogP contribution >= 0.6 is 27.5 Å². The molecule has 0 aromatic heterocycles. The Kier molecular flexibility index (Phi) is 6.59. The summed E-state index contributed by atoms with van der Waals surface area (Å²) in [6.07, 6.45) is 0.0652. The summed E-state index contributed by atoms with van der Waals surface area (Å²) in [5.41, 5.74) is 3.08. The molecule has 0 aliphatic carbocycles. The molecule has 3 rings (SSSR count). The molecule has 1 saturated heterocycles. The maximum absolute atomic E-state index is 12.3. The maximum atomic E-state index is 12.3. The van der Waals surface area contributed by atoms with E-state index in [0.717, 1.165) is 15.7 Å². The van der Waals surface area contributed by atoms with Gasteiger partial charge in [-0.25, -0.2) is 0 Å². The molecule has 0 spiro atoms. The highest BCUT2D eigenvalue weighted by Gasteiger charge is 2.36. The van der Waals surface area contributed by atoms with Crippen molar-refractivity contribution in [1.82, 2.24) is 0 Å². The molecule has 1 heterocycles. The van der Waals surface area contributed by atoms with Crippen LogP contribution in [-0.4, -0.2) is 30.9 Å². The van der Waals surface area contributed by atoms with Crippen LogP contribution in [0, 0.1) is 19.8 Å². The summed E-state index contributed by atoms with van der Waals surface area (Å²) in [5, 5.41) is 3.17. The molecule has 1 fully saturated rings. The number of hydrogen-bond donors (Lipinski definition) is 1. The van der Waals surface area contributed by atoms with Crippen molar-refractivity contribution in [2.45, 2.75) is 20.3 Å². The van der Waals surface area contributed by atoms with Gasteiger partial charge >= 0.3 is 5.97 Å². The molecule has 1 aliphatic heterocycles. The van der Waals surface area contributed by atoms with Gasteiger partial charge in [-0.1, -0.05) is 29.3 Å². The second-order valence-corrected chi connectivity index (χ2v) is 8.16. The average Bonchev–Trinajstić information content (AvgIpc) is 3.09. The van der Waals surface area contributed by atoms with Crippen LogP contribution in [0.3, 0.4) is 0 Å².